The van der Waals surface area contributed by atoms with Crippen LogP contribution < -0.4 is 5.32 Å². The molecular weight excluding hydrogens is 154 g/mol. The van der Waals surface area contributed by atoms with E-state index in [1.54, 1.807) is 7.05 Å². The highest BCUT2D eigenvalue weighted by Crippen LogP contribution is 2.08. The SMILES string of the molecule is CCCC(=O)C(CC)C(=O)NC. The summed E-state index contributed by atoms with van der Waals surface area (Å²) in [5.74, 6) is -0.537. The van der Waals surface area contributed by atoms with E-state index in [-0.39, 0.29) is 11.7 Å². The van der Waals surface area contributed by atoms with Gasteiger partial charge in [-0.1, -0.05) is 13.8 Å². The summed E-state index contributed by atoms with van der Waals surface area (Å²) in [5, 5.41) is 2.50. The molecule has 1 unspecified atom stereocenters. The average Bonchev–Trinajstić information content (AvgIpc) is 2.06. The van der Waals surface area contributed by atoms with Gasteiger partial charge in [0.15, 0.2) is 0 Å². The Morgan fingerprint density at radius 1 is 1.33 bits per heavy atom. The molecule has 1 amide bonds. The fourth-order valence-electron chi connectivity index (χ4n) is 1.15. The van der Waals surface area contributed by atoms with E-state index in [1.807, 2.05) is 13.8 Å². The Morgan fingerprint density at radius 3 is 2.25 bits per heavy atom. The van der Waals surface area contributed by atoms with Crippen LogP contribution in [0, 0.1) is 5.92 Å². The Hall–Kier alpha value is -0.860. The van der Waals surface area contributed by atoms with Crippen molar-refractivity contribution in [1.82, 2.24) is 5.32 Å². The lowest BCUT2D eigenvalue weighted by atomic mass is 9.97. The number of carbonyl (C=O) groups excluding carboxylic acids is 2. The van der Waals surface area contributed by atoms with Crippen LogP contribution in [0.2, 0.25) is 0 Å². The standard InChI is InChI=1S/C9H17NO2/c1-4-6-8(11)7(5-2)9(12)10-3/h7H,4-6H2,1-3H3,(H,10,12). The molecule has 0 radical (unpaired) electrons. The maximum atomic E-state index is 11.3. The number of hydrogen-bond donors (Lipinski definition) is 1. The van der Waals surface area contributed by atoms with E-state index < -0.39 is 5.92 Å². The highest BCUT2D eigenvalue weighted by molar-refractivity contribution is 6.01. The van der Waals surface area contributed by atoms with Gasteiger partial charge in [0.05, 0.1) is 5.92 Å². The molecule has 1 atom stereocenters. The van der Waals surface area contributed by atoms with Crippen molar-refractivity contribution in [3.63, 3.8) is 0 Å². The van der Waals surface area contributed by atoms with Crippen molar-refractivity contribution >= 4 is 11.7 Å². The molecule has 0 saturated carbocycles. The van der Waals surface area contributed by atoms with Crippen LogP contribution in [0.3, 0.4) is 0 Å². The molecule has 3 nitrogen and oxygen atoms in total. The summed E-state index contributed by atoms with van der Waals surface area (Å²) >= 11 is 0. The predicted octanol–water partition coefficient (Wildman–Crippen LogP) is 1.13. The molecule has 0 spiro atoms. The van der Waals surface area contributed by atoms with Crippen LogP contribution in [0.5, 0.6) is 0 Å². The van der Waals surface area contributed by atoms with Crippen molar-refractivity contribution in [3.8, 4) is 0 Å². The third kappa shape index (κ3) is 3.03. The van der Waals surface area contributed by atoms with Crippen LogP contribution in [0.4, 0.5) is 0 Å². The predicted molar refractivity (Wildman–Crippen MR) is 47.8 cm³/mol. The van der Waals surface area contributed by atoms with Gasteiger partial charge in [0, 0.05) is 13.5 Å². The summed E-state index contributed by atoms with van der Waals surface area (Å²) in [4.78, 5) is 22.4. The quantitative estimate of drug-likeness (QED) is 0.630. The molecular formula is C9H17NO2. The molecule has 0 aromatic carbocycles. The first-order valence-electron chi connectivity index (χ1n) is 4.41. The van der Waals surface area contributed by atoms with Gasteiger partial charge in [-0.2, -0.15) is 0 Å². The van der Waals surface area contributed by atoms with Crippen LogP contribution in [0.1, 0.15) is 33.1 Å². The van der Waals surface area contributed by atoms with Crippen LogP contribution in [0.15, 0.2) is 0 Å². The lowest BCUT2D eigenvalue weighted by molar-refractivity contribution is -0.133. The molecule has 0 aliphatic heterocycles. The molecule has 0 bridgehead atoms. The minimum absolute atomic E-state index is 0.0550. The largest absolute Gasteiger partial charge is 0.359 e. The molecule has 0 aliphatic rings. The molecule has 3 heteroatoms. The van der Waals surface area contributed by atoms with Gasteiger partial charge in [-0.25, -0.2) is 0 Å². The van der Waals surface area contributed by atoms with Gasteiger partial charge in [0.1, 0.15) is 5.78 Å². The zero-order chi connectivity index (χ0) is 9.56. The van der Waals surface area contributed by atoms with E-state index in [0.717, 1.165) is 6.42 Å². The third-order valence-corrected chi connectivity index (χ3v) is 1.86. The lowest BCUT2D eigenvalue weighted by Gasteiger charge is -2.10. The number of nitrogens with one attached hydrogen (secondary N) is 1. The molecule has 12 heavy (non-hydrogen) atoms. The number of Topliss-reactive ketones (excluding diaryl/α,β-unsaturated/α-hetero) is 1. The van der Waals surface area contributed by atoms with Crippen LogP contribution in [-0.4, -0.2) is 18.7 Å². The van der Waals surface area contributed by atoms with Gasteiger partial charge >= 0.3 is 0 Å². The zero-order valence-corrected chi connectivity index (χ0v) is 8.02. The molecule has 0 aromatic rings. The van der Waals surface area contributed by atoms with Crippen molar-refractivity contribution in [2.45, 2.75) is 33.1 Å². The number of hydrogen-bond acceptors (Lipinski definition) is 2. The topological polar surface area (TPSA) is 46.2 Å². The molecule has 0 fully saturated rings. The van der Waals surface area contributed by atoms with Crippen LogP contribution in [-0.2, 0) is 9.59 Å². The molecule has 0 heterocycles. The first-order valence-corrected chi connectivity index (χ1v) is 4.41. The van der Waals surface area contributed by atoms with Crippen molar-refractivity contribution in [2.75, 3.05) is 7.05 Å². The lowest BCUT2D eigenvalue weighted by Crippen LogP contribution is -2.32. The summed E-state index contributed by atoms with van der Waals surface area (Å²) < 4.78 is 0. The van der Waals surface area contributed by atoms with Crippen molar-refractivity contribution in [1.29, 1.82) is 0 Å². The third-order valence-electron chi connectivity index (χ3n) is 1.86. The van der Waals surface area contributed by atoms with Gasteiger partial charge in [0.25, 0.3) is 0 Å². The summed E-state index contributed by atoms with van der Waals surface area (Å²) in [7, 11) is 1.56. The van der Waals surface area contributed by atoms with Gasteiger partial charge in [-0.05, 0) is 12.8 Å². The van der Waals surface area contributed by atoms with Crippen molar-refractivity contribution in [3.05, 3.63) is 0 Å². The van der Waals surface area contributed by atoms with Crippen LogP contribution in [0.25, 0.3) is 0 Å². The van der Waals surface area contributed by atoms with E-state index in [9.17, 15) is 9.59 Å². The summed E-state index contributed by atoms with van der Waals surface area (Å²) in [6.45, 7) is 3.79. The van der Waals surface area contributed by atoms with Gasteiger partial charge in [0.2, 0.25) is 5.91 Å². The maximum absolute atomic E-state index is 11.3. The highest BCUT2D eigenvalue weighted by Gasteiger charge is 2.21. The van der Waals surface area contributed by atoms with E-state index in [0.29, 0.717) is 12.8 Å². The Morgan fingerprint density at radius 2 is 1.92 bits per heavy atom. The molecule has 0 aromatic heterocycles. The number of amides is 1. The summed E-state index contributed by atoms with van der Waals surface area (Å²) in [6.07, 6.45) is 1.91. The highest BCUT2D eigenvalue weighted by atomic mass is 16.2. The van der Waals surface area contributed by atoms with E-state index >= 15 is 0 Å². The first kappa shape index (κ1) is 11.1. The van der Waals surface area contributed by atoms with Crippen molar-refractivity contribution < 1.29 is 9.59 Å². The second kappa shape index (κ2) is 5.75. The number of ketones is 1. The zero-order valence-electron chi connectivity index (χ0n) is 8.02. The Kier molecular flexibility index (Phi) is 5.34. The monoisotopic (exact) mass is 171 g/mol. The molecule has 0 rings (SSSR count). The minimum atomic E-state index is -0.435. The van der Waals surface area contributed by atoms with E-state index in [2.05, 4.69) is 5.32 Å². The van der Waals surface area contributed by atoms with Gasteiger partial charge in [-0.15, -0.1) is 0 Å². The van der Waals surface area contributed by atoms with Crippen LogP contribution >= 0.6 is 0 Å². The molecule has 0 saturated heterocycles. The van der Waals surface area contributed by atoms with Crippen molar-refractivity contribution in [2.24, 2.45) is 5.92 Å². The fourth-order valence-corrected chi connectivity index (χ4v) is 1.15. The Balaban J connectivity index is 4.14. The second-order valence-corrected chi connectivity index (χ2v) is 2.79. The number of rotatable bonds is 5. The summed E-state index contributed by atoms with van der Waals surface area (Å²) in [6, 6.07) is 0. The second-order valence-electron chi connectivity index (χ2n) is 2.79. The van der Waals surface area contributed by atoms with E-state index in [1.165, 1.54) is 0 Å². The minimum Gasteiger partial charge on any atom is -0.359 e. The molecule has 70 valence electrons. The Bertz CT molecular complexity index is 166. The number of carbonyl (C=O) groups is 2. The Labute approximate surface area is 73.5 Å². The smallest absolute Gasteiger partial charge is 0.230 e. The maximum Gasteiger partial charge on any atom is 0.230 e. The average molecular weight is 171 g/mol. The fraction of sp³-hybridized carbons (Fsp3) is 0.778. The first-order chi connectivity index (χ1) is 5.67. The van der Waals surface area contributed by atoms with Gasteiger partial charge < -0.3 is 5.32 Å². The normalized spacial score (nSPS) is 12.2. The summed E-state index contributed by atoms with van der Waals surface area (Å²) in [5.41, 5.74) is 0. The molecule has 1 N–H and O–H groups in total. The molecule has 0 aliphatic carbocycles. The van der Waals surface area contributed by atoms with Gasteiger partial charge in [-0.3, -0.25) is 9.59 Å². The van der Waals surface area contributed by atoms with E-state index in [4.69, 9.17) is 0 Å².